The molecule has 0 aromatic heterocycles. The minimum absolute atomic E-state index is 0.189. The first-order valence-electron chi connectivity index (χ1n) is 7.38. The third kappa shape index (κ3) is 3.03. The smallest absolute Gasteiger partial charge is 0.0359 e. The van der Waals surface area contributed by atoms with Crippen LogP contribution in [0.15, 0.2) is 0 Å². The van der Waals surface area contributed by atoms with E-state index in [-0.39, 0.29) is 5.54 Å². The van der Waals surface area contributed by atoms with Gasteiger partial charge in [-0.15, -0.1) is 0 Å². The number of hydrogen-bond donors (Lipinski definition) is 1. The molecule has 0 aromatic rings. The fourth-order valence-corrected chi connectivity index (χ4v) is 3.04. The molecule has 1 atom stereocenters. The van der Waals surface area contributed by atoms with Crippen LogP contribution < -0.4 is 5.73 Å². The summed E-state index contributed by atoms with van der Waals surface area (Å²) in [4.78, 5) is 2.66. The van der Waals surface area contributed by atoms with E-state index in [2.05, 4.69) is 39.5 Å². The summed E-state index contributed by atoms with van der Waals surface area (Å²) >= 11 is 0. The molecule has 0 aliphatic heterocycles. The van der Waals surface area contributed by atoms with Gasteiger partial charge in [0.1, 0.15) is 0 Å². The molecule has 2 heteroatoms. The Hall–Kier alpha value is -0.0800. The molecule has 2 N–H and O–H groups in total. The molecule has 1 unspecified atom stereocenters. The molecule has 1 fully saturated rings. The lowest BCUT2D eigenvalue weighted by molar-refractivity contribution is 0.0195. The molecule has 0 aromatic carbocycles. The van der Waals surface area contributed by atoms with E-state index in [9.17, 15) is 0 Å². The van der Waals surface area contributed by atoms with Gasteiger partial charge in [-0.2, -0.15) is 0 Å². The van der Waals surface area contributed by atoms with E-state index in [1.54, 1.807) is 0 Å². The van der Waals surface area contributed by atoms with Crippen molar-refractivity contribution < 1.29 is 0 Å². The molecule has 17 heavy (non-hydrogen) atoms. The average molecular weight is 240 g/mol. The SMILES string of the molecule is CCCCCN(C(C)C)C(C)(CN)C1(C)CC1. The average Bonchev–Trinajstić information content (AvgIpc) is 3.03. The second-order valence-corrected chi connectivity index (χ2v) is 6.53. The van der Waals surface area contributed by atoms with Gasteiger partial charge in [0.2, 0.25) is 0 Å². The third-order valence-corrected chi connectivity index (χ3v) is 4.96. The minimum atomic E-state index is 0.189. The van der Waals surface area contributed by atoms with Crippen LogP contribution in [0, 0.1) is 5.41 Å². The molecular formula is C15H32N2. The van der Waals surface area contributed by atoms with Crippen molar-refractivity contribution >= 4 is 0 Å². The van der Waals surface area contributed by atoms with E-state index in [1.807, 2.05) is 0 Å². The Morgan fingerprint density at radius 3 is 2.24 bits per heavy atom. The van der Waals surface area contributed by atoms with Crippen LogP contribution >= 0.6 is 0 Å². The van der Waals surface area contributed by atoms with Crippen LogP contribution in [-0.2, 0) is 0 Å². The van der Waals surface area contributed by atoms with Gasteiger partial charge in [-0.1, -0.05) is 26.7 Å². The summed E-state index contributed by atoms with van der Waals surface area (Å²) in [6.45, 7) is 13.7. The zero-order chi connectivity index (χ0) is 13.1. The number of rotatable bonds is 8. The number of unbranched alkanes of at least 4 members (excludes halogenated alkanes) is 2. The number of nitrogens with zero attached hydrogens (tertiary/aromatic N) is 1. The van der Waals surface area contributed by atoms with Gasteiger partial charge in [0.15, 0.2) is 0 Å². The van der Waals surface area contributed by atoms with Crippen LogP contribution in [0.4, 0.5) is 0 Å². The van der Waals surface area contributed by atoms with Crippen molar-refractivity contribution in [3.63, 3.8) is 0 Å². The molecular weight excluding hydrogens is 208 g/mol. The highest BCUT2D eigenvalue weighted by molar-refractivity contribution is 5.10. The molecule has 0 heterocycles. The van der Waals surface area contributed by atoms with E-state index in [1.165, 1.54) is 38.6 Å². The van der Waals surface area contributed by atoms with Crippen molar-refractivity contribution in [2.75, 3.05) is 13.1 Å². The van der Waals surface area contributed by atoms with E-state index in [0.29, 0.717) is 11.5 Å². The monoisotopic (exact) mass is 240 g/mol. The molecule has 2 nitrogen and oxygen atoms in total. The summed E-state index contributed by atoms with van der Waals surface area (Å²) in [6, 6.07) is 0.595. The quantitative estimate of drug-likeness (QED) is 0.659. The first-order chi connectivity index (χ1) is 7.91. The van der Waals surface area contributed by atoms with Crippen molar-refractivity contribution in [3.05, 3.63) is 0 Å². The van der Waals surface area contributed by atoms with Crippen LogP contribution in [0.2, 0.25) is 0 Å². The van der Waals surface area contributed by atoms with E-state index < -0.39 is 0 Å². The van der Waals surface area contributed by atoms with E-state index in [4.69, 9.17) is 5.73 Å². The predicted molar refractivity (Wildman–Crippen MR) is 76.2 cm³/mol. The lowest BCUT2D eigenvalue weighted by Crippen LogP contribution is -2.59. The van der Waals surface area contributed by atoms with Crippen LogP contribution in [-0.4, -0.2) is 29.6 Å². The normalized spacial score (nSPS) is 21.9. The fraction of sp³-hybridized carbons (Fsp3) is 1.00. The van der Waals surface area contributed by atoms with Gasteiger partial charge in [0, 0.05) is 18.1 Å². The summed E-state index contributed by atoms with van der Waals surface area (Å²) in [5.74, 6) is 0. The molecule has 1 aliphatic carbocycles. The minimum Gasteiger partial charge on any atom is -0.329 e. The third-order valence-electron chi connectivity index (χ3n) is 4.96. The molecule has 102 valence electrons. The van der Waals surface area contributed by atoms with Crippen LogP contribution in [0.3, 0.4) is 0 Å². The van der Waals surface area contributed by atoms with Gasteiger partial charge in [-0.05, 0) is 52.0 Å². The van der Waals surface area contributed by atoms with Gasteiger partial charge in [-0.25, -0.2) is 0 Å². The Labute approximate surface area is 108 Å². The van der Waals surface area contributed by atoms with Crippen molar-refractivity contribution in [1.29, 1.82) is 0 Å². The van der Waals surface area contributed by atoms with Crippen molar-refractivity contribution in [2.24, 2.45) is 11.1 Å². The molecule has 1 saturated carbocycles. The second kappa shape index (κ2) is 5.71. The molecule has 1 aliphatic rings. The van der Waals surface area contributed by atoms with Crippen molar-refractivity contribution in [1.82, 2.24) is 4.90 Å². The lowest BCUT2D eigenvalue weighted by atomic mass is 9.81. The van der Waals surface area contributed by atoms with Crippen LogP contribution in [0.1, 0.15) is 66.7 Å². The molecule has 0 bridgehead atoms. The molecule has 0 radical (unpaired) electrons. The lowest BCUT2D eigenvalue weighted by Gasteiger charge is -2.48. The summed E-state index contributed by atoms with van der Waals surface area (Å²) in [5.41, 5.74) is 6.78. The highest BCUT2D eigenvalue weighted by Crippen LogP contribution is 2.55. The van der Waals surface area contributed by atoms with Crippen molar-refractivity contribution in [2.45, 2.75) is 78.3 Å². The highest BCUT2D eigenvalue weighted by atomic mass is 15.2. The molecule has 0 saturated heterocycles. The Balaban J connectivity index is 2.73. The standard InChI is InChI=1S/C15H32N2/c1-6-7-8-11-17(13(2)3)15(5,12-16)14(4)9-10-14/h13H,6-12,16H2,1-5H3. The van der Waals surface area contributed by atoms with Crippen LogP contribution in [0.25, 0.3) is 0 Å². The van der Waals surface area contributed by atoms with Crippen molar-refractivity contribution in [3.8, 4) is 0 Å². The summed E-state index contributed by atoms with van der Waals surface area (Å²) < 4.78 is 0. The molecule has 0 spiro atoms. The Bertz CT molecular complexity index is 233. The fourth-order valence-electron chi connectivity index (χ4n) is 3.04. The maximum Gasteiger partial charge on any atom is 0.0359 e. The first-order valence-corrected chi connectivity index (χ1v) is 7.38. The maximum absolute atomic E-state index is 6.13. The summed E-state index contributed by atoms with van der Waals surface area (Å²) in [5, 5.41) is 0. The zero-order valence-corrected chi connectivity index (χ0v) is 12.6. The predicted octanol–water partition coefficient (Wildman–Crippen LogP) is 3.40. The highest BCUT2D eigenvalue weighted by Gasteiger charge is 2.55. The van der Waals surface area contributed by atoms with Gasteiger partial charge < -0.3 is 5.73 Å². The molecule has 0 amide bonds. The second-order valence-electron chi connectivity index (χ2n) is 6.53. The topological polar surface area (TPSA) is 29.3 Å². The number of hydrogen-bond acceptors (Lipinski definition) is 2. The summed E-state index contributed by atoms with van der Waals surface area (Å²) in [6.07, 6.45) is 6.62. The Morgan fingerprint density at radius 2 is 1.88 bits per heavy atom. The maximum atomic E-state index is 6.13. The van der Waals surface area contributed by atoms with Gasteiger partial charge >= 0.3 is 0 Å². The van der Waals surface area contributed by atoms with Crippen LogP contribution in [0.5, 0.6) is 0 Å². The van der Waals surface area contributed by atoms with E-state index >= 15 is 0 Å². The molecule has 1 rings (SSSR count). The van der Waals surface area contributed by atoms with Gasteiger partial charge in [0.05, 0.1) is 0 Å². The first kappa shape index (κ1) is 15.0. The van der Waals surface area contributed by atoms with Gasteiger partial charge in [-0.3, -0.25) is 4.90 Å². The Morgan fingerprint density at radius 1 is 1.29 bits per heavy atom. The van der Waals surface area contributed by atoms with E-state index in [0.717, 1.165) is 6.54 Å². The largest absolute Gasteiger partial charge is 0.329 e. The summed E-state index contributed by atoms with van der Waals surface area (Å²) in [7, 11) is 0. The zero-order valence-electron chi connectivity index (χ0n) is 12.6. The Kier molecular flexibility index (Phi) is 5.03. The number of nitrogens with two attached hydrogens (primary N) is 1. The van der Waals surface area contributed by atoms with Gasteiger partial charge in [0.25, 0.3) is 0 Å².